The molecule has 0 bridgehead atoms. The summed E-state index contributed by atoms with van der Waals surface area (Å²) in [6.07, 6.45) is 1.82. The van der Waals surface area contributed by atoms with Crippen LogP contribution in [0, 0.1) is 11.3 Å². The Balaban J connectivity index is 1.75. The van der Waals surface area contributed by atoms with E-state index in [4.69, 9.17) is 16.9 Å². The monoisotopic (exact) mass is 352 g/mol. The summed E-state index contributed by atoms with van der Waals surface area (Å²) in [7, 11) is -3.70. The van der Waals surface area contributed by atoms with E-state index < -0.39 is 10.0 Å². The standard InChI is InChI=1S/C13H13ClN6O2S/c14-12-7-11(3-1-9(12)8-15)23(21,22)17-10-2-4-13-16-18-19-20(13)6-5-10/h1,3,7,10,17H,2,4-6H2. The molecule has 23 heavy (non-hydrogen) atoms. The van der Waals surface area contributed by atoms with Gasteiger partial charge in [-0.1, -0.05) is 11.6 Å². The third-order valence-corrected chi connectivity index (χ3v) is 5.54. The van der Waals surface area contributed by atoms with Crippen LogP contribution in [0.25, 0.3) is 0 Å². The van der Waals surface area contributed by atoms with Crippen LogP contribution in [-0.4, -0.2) is 34.7 Å². The largest absolute Gasteiger partial charge is 0.240 e. The summed E-state index contributed by atoms with van der Waals surface area (Å²) in [4.78, 5) is 0.0447. The second-order valence-corrected chi connectivity index (χ2v) is 7.34. The van der Waals surface area contributed by atoms with Crippen molar-refractivity contribution < 1.29 is 8.42 Å². The fraction of sp³-hybridized carbons (Fsp3) is 0.385. The normalized spacial score (nSPS) is 18.0. The Hall–Kier alpha value is -2.02. The van der Waals surface area contributed by atoms with Crippen molar-refractivity contribution in [2.75, 3.05) is 0 Å². The first-order valence-electron chi connectivity index (χ1n) is 6.96. The van der Waals surface area contributed by atoms with Crippen LogP contribution in [0.4, 0.5) is 0 Å². The number of hydrogen-bond acceptors (Lipinski definition) is 6. The molecule has 1 atom stereocenters. The van der Waals surface area contributed by atoms with E-state index in [1.165, 1.54) is 18.2 Å². The Kier molecular flexibility index (Phi) is 4.30. The van der Waals surface area contributed by atoms with Crippen LogP contribution in [0.3, 0.4) is 0 Å². The number of benzene rings is 1. The minimum atomic E-state index is -3.70. The van der Waals surface area contributed by atoms with Gasteiger partial charge in [0.2, 0.25) is 10.0 Å². The fourth-order valence-corrected chi connectivity index (χ4v) is 4.08. The van der Waals surface area contributed by atoms with Gasteiger partial charge in [0.15, 0.2) is 5.82 Å². The van der Waals surface area contributed by atoms with Crippen molar-refractivity contribution >= 4 is 21.6 Å². The molecule has 1 aliphatic rings. The zero-order valence-electron chi connectivity index (χ0n) is 12.0. The molecule has 1 unspecified atom stereocenters. The molecule has 1 N–H and O–H groups in total. The molecule has 2 heterocycles. The molecule has 10 heteroatoms. The molecule has 1 aromatic carbocycles. The van der Waals surface area contributed by atoms with Crippen molar-refractivity contribution in [2.24, 2.45) is 0 Å². The molecule has 0 saturated heterocycles. The number of rotatable bonds is 3. The molecule has 120 valence electrons. The van der Waals surface area contributed by atoms with Crippen LogP contribution in [-0.2, 0) is 23.0 Å². The van der Waals surface area contributed by atoms with Gasteiger partial charge < -0.3 is 0 Å². The lowest BCUT2D eigenvalue weighted by molar-refractivity contribution is 0.478. The molecule has 1 aliphatic heterocycles. The first-order chi connectivity index (χ1) is 11.0. The average molecular weight is 353 g/mol. The van der Waals surface area contributed by atoms with Crippen molar-refractivity contribution in [3.63, 3.8) is 0 Å². The lowest BCUT2D eigenvalue weighted by Crippen LogP contribution is -2.35. The van der Waals surface area contributed by atoms with E-state index in [0.29, 0.717) is 25.8 Å². The number of halogens is 1. The first kappa shape index (κ1) is 15.9. The van der Waals surface area contributed by atoms with Gasteiger partial charge in [-0.3, -0.25) is 0 Å². The number of aromatic nitrogens is 4. The van der Waals surface area contributed by atoms with Gasteiger partial charge in [0.25, 0.3) is 0 Å². The minimum Gasteiger partial charge on any atom is -0.230 e. The molecule has 0 saturated carbocycles. The van der Waals surface area contributed by atoms with Crippen LogP contribution < -0.4 is 4.72 Å². The van der Waals surface area contributed by atoms with E-state index in [1.54, 1.807) is 4.68 Å². The van der Waals surface area contributed by atoms with E-state index in [2.05, 4.69) is 20.2 Å². The number of fused-ring (bicyclic) bond motifs is 1. The highest BCUT2D eigenvalue weighted by Gasteiger charge is 2.24. The highest BCUT2D eigenvalue weighted by Crippen LogP contribution is 2.21. The predicted molar refractivity (Wildman–Crippen MR) is 81.0 cm³/mol. The molecule has 2 aromatic rings. The maximum absolute atomic E-state index is 12.5. The van der Waals surface area contributed by atoms with Gasteiger partial charge in [-0.2, -0.15) is 5.26 Å². The van der Waals surface area contributed by atoms with Crippen LogP contribution in [0.2, 0.25) is 5.02 Å². The number of sulfonamides is 1. The molecule has 0 amide bonds. The lowest BCUT2D eigenvalue weighted by Gasteiger charge is -2.16. The summed E-state index contributed by atoms with van der Waals surface area (Å²) in [6, 6.07) is 5.74. The Labute approximate surface area is 138 Å². The number of nitrogens with one attached hydrogen (secondary N) is 1. The number of nitrogens with zero attached hydrogens (tertiary/aromatic N) is 5. The van der Waals surface area contributed by atoms with Crippen LogP contribution in [0.5, 0.6) is 0 Å². The van der Waals surface area contributed by atoms with Crippen LogP contribution >= 0.6 is 11.6 Å². The van der Waals surface area contributed by atoms with Crippen molar-refractivity contribution in [3.8, 4) is 6.07 Å². The van der Waals surface area contributed by atoms with Gasteiger partial charge in [-0.15, -0.1) is 5.10 Å². The van der Waals surface area contributed by atoms with Gasteiger partial charge in [-0.05, 0) is 41.5 Å². The van der Waals surface area contributed by atoms with Crippen molar-refractivity contribution in [2.45, 2.75) is 36.7 Å². The Morgan fingerprint density at radius 3 is 2.96 bits per heavy atom. The quantitative estimate of drug-likeness (QED) is 0.877. The van der Waals surface area contributed by atoms with E-state index in [0.717, 1.165) is 5.82 Å². The smallest absolute Gasteiger partial charge is 0.230 e. The highest BCUT2D eigenvalue weighted by atomic mass is 35.5. The van der Waals surface area contributed by atoms with Gasteiger partial charge in [-0.25, -0.2) is 17.8 Å². The molecule has 0 radical (unpaired) electrons. The summed E-state index contributed by atoms with van der Waals surface area (Å²) in [5, 5.41) is 20.4. The number of tetrazole rings is 1. The second kappa shape index (κ2) is 6.23. The summed E-state index contributed by atoms with van der Waals surface area (Å²) in [6.45, 7) is 0.559. The van der Waals surface area contributed by atoms with Crippen molar-refractivity contribution in [3.05, 3.63) is 34.6 Å². The summed E-state index contributed by atoms with van der Waals surface area (Å²) < 4.78 is 29.3. The molecule has 8 nitrogen and oxygen atoms in total. The van der Waals surface area contributed by atoms with E-state index in [9.17, 15) is 8.42 Å². The van der Waals surface area contributed by atoms with Crippen molar-refractivity contribution in [1.29, 1.82) is 5.26 Å². The maximum atomic E-state index is 12.5. The van der Waals surface area contributed by atoms with Gasteiger partial charge >= 0.3 is 0 Å². The average Bonchev–Trinajstić information content (AvgIpc) is 2.89. The molecule has 0 spiro atoms. The van der Waals surface area contributed by atoms with Crippen LogP contribution in [0.15, 0.2) is 23.1 Å². The number of hydrogen-bond donors (Lipinski definition) is 1. The minimum absolute atomic E-state index is 0.0447. The Morgan fingerprint density at radius 2 is 2.22 bits per heavy atom. The highest BCUT2D eigenvalue weighted by molar-refractivity contribution is 7.89. The predicted octanol–water partition coefficient (Wildman–Crippen LogP) is 0.882. The topological polar surface area (TPSA) is 114 Å². The fourth-order valence-electron chi connectivity index (χ4n) is 2.46. The SMILES string of the molecule is N#Cc1ccc(S(=O)(=O)NC2CCc3nnnn3CC2)cc1Cl. The Morgan fingerprint density at radius 1 is 1.39 bits per heavy atom. The summed E-state index contributed by atoms with van der Waals surface area (Å²) in [5.74, 6) is 0.758. The third-order valence-electron chi connectivity index (χ3n) is 3.70. The number of nitriles is 1. The third kappa shape index (κ3) is 3.34. The van der Waals surface area contributed by atoms with E-state index in [1.807, 2.05) is 6.07 Å². The maximum Gasteiger partial charge on any atom is 0.240 e. The van der Waals surface area contributed by atoms with E-state index in [-0.39, 0.29) is 21.5 Å². The van der Waals surface area contributed by atoms with Crippen LogP contribution in [0.1, 0.15) is 24.2 Å². The van der Waals surface area contributed by atoms with Gasteiger partial charge in [0.1, 0.15) is 6.07 Å². The summed E-state index contributed by atoms with van der Waals surface area (Å²) in [5.41, 5.74) is 0.240. The second-order valence-electron chi connectivity index (χ2n) is 5.22. The van der Waals surface area contributed by atoms with Crippen molar-refractivity contribution in [1.82, 2.24) is 24.9 Å². The Bertz CT molecular complexity index is 850. The first-order valence-corrected chi connectivity index (χ1v) is 8.83. The molecular formula is C13H13ClN6O2S. The van der Waals surface area contributed by atoms with Gasteiger partial charge in [0.05, 0.1) is 15.5 Å². The molecule has 3 rings (SSSR count). The zero-order chi connectivity index (χ0) is 16.4. The molecule has 1 aromatic heterocycles. The van der Waals surface area contributed by atoms with Gasteiger partial charge in [0, 0.05) is 19.0 Å². The molecule has 0 aliphatic carbocycles. The molecular weight excluding hydrogens is 340 g/mol. The zero-order valence-corrected chi connectivity index (χ0v) is 13.5. The summed E-state index contributed by atoms with van der Waals surface area (Å²) >= 11 is 5.91. The lowest BCUT2D eigenvalue weighted by atomic mass is 10.1. The number of aryl methyl sites for hydroxylation is 2. The van der Waals surface area contributed by atoms with E-state index >= 15 is 0 Å². The molecule has 0 fully saturated rings.